The maximum absolute atomic E-state index is 12.4. The summed E-state index contributed by atoms with van der Waals surface area (Å²) in [6.45, 7) is 4.20. The van der Waals surface area contributed by atoms with Crippen LogP contribution in [-0.2, 0) is 4.79 Å². The van der Waals surface area contributed by atoms with E-state index < -0.39 is 18.2 Å². The van der Waals surface area contributed by atoms with Crippen molar-refractivity contribution < 1.29 is 20.1 Å². The Morgan fingerprint density at radius 1 is 0.453 bits per heavy atom. The number of aliphatic hydroxyl groups excluding tert-OH is 3. The number of unbranched alkanes of at least 4 members (excludes halogenated alkanes) is 34. The van der Waals surface area contributed by atoms with Crippen LogP contribution in [0.2, 0.25) is 0 Å². The van der Waals surface area contributed by atoms with Crippen LogP contribution in [0.5, 0.6) is 0 Å². The molecule has 4 N–H and O–H groups in total. The zero-order valence-electron chi connectivity index (χ0n) is 35.9. The number of allylic oxidation sites excluding steroid dienone is 2. The van der Waals surface area contributed by atoms with Crippen molar-refractivity contribution in [3.63, 3.8) is 0 Å². The molecule has 0 aromatic carbocycles. The van der Waals surface area contributed by atoms with Crippen LogP contribution in [0.4, 0.5) is 0 Å². The van der Waals surface area contributed by atoms with Gasteiger partial charge in [0.2, 0.25) is 5.91 Å². The van der Waals surface area contributed by atoms with Gasteiger partial charge in [-0.05, 0) is 38.5 Å². The normalized spacial score (nSPS) is 13.5. The SMILES string of the molecule is CCCCCCCCCCCCCC/C=C\CCCCCCCCCCCC(=O)NC(CO)C(O)C(O)CCCCCCCCCCCCCCCC. The fourth-order valence-electron chi connectivity index (χ4n) is 7.63. The maximum atomic E-state index is 12.4. The second kappa shape index (κ2) is 43.8. The van der Waals surface area contributed by atoms with Crippen LogP contribution in [0.3, 0.4) is 0 Å². The van der Waals surface area contributed by atoms with Crippen LogP contribution in [0.25, 0.3) is 0 Å². The summed E-state index contributed by atoms with van der Waals surface area (Å²) in [5.41, 5.74) is 0. The van der Waals surface area contributed by atoms with Gasteiger partial charge in [0.25, 0.3) is 0 Å². The average molecular weight is 750 g/mol. The van der Waals surface area contributed by atoms with Gasteiger partial charge in [0.05, 0.1) is 18.8 Å². The minimum atomic E-state index is -1.13. The van der Waals surface area contributed by atoms with E-state index in [9.17, 15) is 20.1 Å². The number of nitrogens with one attached hydrogen (secondary N) is 1. The molecule has 0 fully saturated rings. The first-order valence-electron chi connectivity index (χ1n) is 24.0. The Morgan fingerprint density at radius 2 is 0.755 bits per heavy atom. The molecule has 3 atom stereocenters. The Hall–Kier alpha value is -0.910. The van der Waals surface area contributed by atoms with Gasteiger partial charge in [0, 0.05) is 6.42 Å². The maximum Gasteiger partial charge on any atom is 0.220 e. The summed E-state index contributed by atoms with van der Waals surface area (Å²) in [5.74, 6) is -0.144. The van der Waals surface area contributed by atoms with Gasteiger partial charge in [-0.3, -0.25) is 4.79 Å². The molecule has 0 rings (SSSR count). The largest absolute Gasteiger partial charge is 0.394 e. The molecule has 0 aliphatic carbocycles. The van der Waals surface area contributed by atoms with Gasteiger partial charge in [-0.2, -0.15) is 0 Å². The van der Waals surface area contributed by atoms with E-state index in [2.05, 4.69) is 31.3 Å². The average Bonchev–Trinajstić information content (AvgIpc) is 3.16. The standard InChI is InChI=1S/C48H95NO4/c1-3-5-7-9-11-13-15-17-19-20-21-22-23-24-25-26-27-28-29-31-33-35-37-39-41-43-47(52)49-45(44-50)48(53)46(51)42-40-38-36-34-32-30-18-16-14-12-10-8-6-4-2/h24-25,45-46,48,50-51,53H,3-23,26-44H2,1-2H3,(H,49,52)/b25-24-. The molecule has 5 nitrogen and oxygen atoms in total. The second-order valence-corrected chi connectivity index (χ2v) is 16.7. The molecule has 0 saturated carbocycles. The molecule has 5 heteroatoms. The molecule has 3 unspecified atom stereocenters. The van der Waals surface area contributed by atoms with E-state index in [1.54, 1.807) is 0 Å². The first kappa shape index (κ1) is 52.1. The topological polar surface area (TPSA) is 89.8 Å². The van der Waals surface area contributed by atoms with Crippen LogP contribution < -0.4 is 5.32 Å². The number of carbonyl (C=O) groups excluding carboxylic acids is 1. The van der Waals surface area contributed by atoms with Crippen LogP contribution in [0.1, 0.15) is 264 Å². The lowest BCUT2D eigenvalue weighted by Gasteiger charge is -2.26. The third-order valence-electron chi connectivity index (χ3n) is 11.4. The van der Waals surface area contributed by atoms with Gasteiger partial charge in [-0.15, -0.1) is 0 Å². The molecular weight excluding hydrogens is 655 g/mol. The highest BCUT2D eigenvalue weighted by Crippen LogP contribution is 2.17. The van der Waals surface area contributed by atoms with E-state index in [1.807, 2.05) is 0 Å². The minimum absolute atomic E-state index is 0.144. The van der Waals surface area contributed by atoms with E-state index in [4.69, 9.17) is 0 Å². The highest BCUT2D eigenvalue weighted by molar-refractivity contribution is 5.76. The highest BCUT2D eigenvalue weighted by atomic mass is 16.3. The van der Waals surface area contributed by atoms with Gasteiger partial charge in [-0.1, -0.05) is 231 Å². The van der Waals surface area contributed by atoms with E-state index in [1.165, 1.54) is 199 Å². The van der Waals surface area contributed by atoms with Gasteiger partial charge in [0.15, 0.2) is 0 Å². The Kier molecular flexibility index (Phi) is 43.1. The summed E-state index contributed by atoms with van der Waals surface area (Å²) in [6, 6.07) is -0.807. The number of aliphatic hydroxyl groups is 3. The zero-order valence-corrected chi connectivity index (χ0v) is 35.9. The molecule has 0 aromatic rings. The number of hydrogen-bond acceptors (Lipinski definition) is 4. The van der Waals surface area contributed by atoms with E-state index in [-0.39, 0.29) is 12.5 Å². The van der Waals surface area contributed by atoms with Crippen LogP contribution in [-0.4, -0.2) is 46.1 Å². The molecule has 0 aromatic heterocycles. The van der Waals surface area contributed by atoms with Crippen molar-refractivity contribution in [2.24, 2.45) is 0 Å². The Morgan fingerprint density at radius 3 is 1.09 bits per heavy atom. The summed E-state index contributed by atoms with van der Waals surface area (Å²) in [4.78, 5) is 12.4. The van der Waals surface area contributed by atoms with Crippen molar-refractivity contribution >= 4 is 5.91 Å². The van der Waals surface area contributed by atoms with Crippen molar-refractivity contribution in [1.29, 1.82) is 0 Å². The summed E-state index contributed by atoms with van der Waals surface area (Å²) in [6.07, 6.45) is 51.9. The van der Waals surface area contributed by atoms with Gasteiger partial charge < -0.3 is 20.6 Å². The smallest absolute Gasteiger partial charge is 0.220 e. The third kappa shape index (κ3) is 39.1. The summed E-state index contributed by atoms with van der Waals surface area (Å²) in [7, 11) is 0. The first-order chi connectivity index (χ1) is 26.1. The number of carbonyl (C=O) groups is 1. The Labute approximate surface area is 331 Å². The lowest BCUT2D eigenvalue weighted by atomic mass is 9.99. The molecule has 53 heavy (non-hydrogen) atoms. The fourth-order valence-corrected chi connectivity index (χ4v) is 7.63. The summed E-state index contributed by atoms with van der Waals surface area (Å²) < 4.78 is 0. The molecule has 316 valence electrons. The third-order valence-corrected chi connectivity index (χ3v) is 11.4. The van der Waals surface area contributed by atoms with Crippen molar-refractivity contribution in [2.45, 2.75) is 283 Å². The quantitative estimate of drug-likeness (QED) is 0.0369. The minimum Gasteiger partial charge on any atom is -0.394 e. The van der Waals surface area contributed by atoms with Gasteiger partial charge >= 0.3 is 0 Å². The summed E-state index contributed by atoms with van der Waals surface area (Å²) in [5, 5.41) is 33.6. The molecule has 0 spiro atoms. The van der Waals surface area contributed by atoms with Crippen molar-refractivity contribution in [3.8, 4) is 0 Å². The summed E-state index contributed by atoms with van der Waals surface area (Å²) >= 11 is 0. The fraction of sp³-hybridized carbons (Fsp3) is 0.938. The second-order valence-electron chi connectivity index (χ2n) is 16.7. The van der Waals surface area contributed by atoms with Crippen LogP contribution >= 0.6 is 0 Å². The lowest BCUT2D eigenvalue weighted by Crippen LogP contribution is -2.50. The molecule has 0 radical (unpaired) electrons. The zero-order chi connectivity index (χ0) is 38.7. The molecule has 0 aliphatic heterocycles. The van der Waals surface area contributed by atoms with Crippen molar-refractivity contribution in [2.75, 3.05) is 6.61 Å². The van der Waals surface area contributed by atoms with Crippen molar-refractivity contribution in [1.82, 2.24) is 5.32 Å². The molecular formula is C48H95NO4. The number of hydrogen-bond donors (Lipinski definition) is 4. The lowest BCUT2D eigenvalue weighted by molar-refractivity contribution is -0.124. The first-order valence-corrected chi connectivity index (χ1v) is 24.0. The van der Waals surface area contributed by atoms with E-state index >= 15 is 0 Å². The number of rotatable bonds is 44. The predicted octanol–water partition coefficient (Wildman–Crippen LogP) is 14.0. The Balaban J connectivity index is 3.55. The molecule has 0 bridgehead atoms. The predicted molar refractivity (Wildman–Crippen MR) is 232 cm³/mol. The van der Waals surface area contributed by atoms with Crippen molar-refractivity contribution in [3.05, 3.63) is 12.2 Å². The molecule has 1 amide bonds. The number of amides is 1. The molecule has 0 aliphatic rings. The monoisotopic (exact) mass is 750 g/mol. The Bertz CT molecular complexity index is 743. The molecule has 0 saturated heterocycles. The van der Waals surface area contributed by atoms with Crippen LogP contribution in [0.15, 0.2) is 12.2 Å². The highest BCUT2D eigenvalue weighted by Gasteiger charge is 2.26. The molecule has 0 heterocycles. The van der Waals surface area contributed by atoms with Crippen LogP contribution in [0, 0.1) is 0 Å². The van der Waals surface area contributed by atoms with E-state index in [0.29, 0.717) is 12.8 Å². The van der Waals surface area contributed by atoms with Gasteiger partial charge in [-0.25, -0.2) is 0 Å². The van der Waals surface area contributed by atoms with E-state index in [0.717, 1.165) is 38.5 Å². The van der Waals surface area contributed by atoms with Gasteiger partial charge in [0.1, 0.15) is 6.10 Å².